The molecule has 1 aromatic carbocycles. The lowest BCUT2D eigenvalue weighted by Crippen LogP contribution is -2.69. The zero-order valence-corrected chi connectivity index (χ0v) is 15.8. The number of hydroxylamine groups is 2. The first kappa shape index (κ1) is 21.1. The molecule has 10 nitrogen and oxygen atoms in total. The zero-order valence-electron chi connectivity index (χ0n) is 15.0. The fraction of sp³-hybridized carbons (Fsp3) is 0.500. The smallest absolute Gasteiger partial charge is 0.434 e. The van der Waals surface area contributed by atoms with E-state index in [9.17, 15) is 27.7 Å². The van der Waals surface area contributed by atoms with Crippen LogP contribution in [0.1, 0.15) is 19.4 Å². The Kier molecular flexibility index (Phi) is 6.42. The molecule has 1 aliphatic heterocycles. The number of carbonyl (C=O) groups excluding carboxylic acids is 2. The molecule has 0 unspecified atom stereocenters. The molecule has 1 fully saturated rings. The van der Waals surface area contributed by atoms with Crippen LogP contribution in [0.4, 0.5) is 4.79 Å². The summed E-state index contributed by atoms with van der Waals surface area (Å²) in [5.74, 6) is -2.19. The van der Waals surface area contributed by atoms with E-state index in [-0.39, 0.29) is 10.8 Å². The predicted molar refractivity (Wildman–Crippen MR) is 90.4 cm³/mol. The number of hydrogen-bond acceptors (Lipinski definition) is 8. The van der Waals surface area contributed by atoms with E-state index >= 15 is 0 Å². The van der Waals surface area contributed by atoms with Crippen molar-refractivity contribution < 1.29 is 37.2 Å². The summed E-state index contributed by atoms with van der Waals surface area (Å²) in [6.07, 6.45) is -3.32. The average Bonchev–Trinajstić information content (AvgIpc) is 2.56. The van der Waals surface area contributed by atoms with Gasteiger partial charge in [-0.25, -0.2) is 17.5 Å². The molecule has 0 aliphatic carbocycles. The van der Waals surface area contributed by atoms with Crippen molar-refractivity contribution >= 4 is 22.3 Å². The van der Waals surface area contributed by atoms with Crippen LogP contribution in [0.5, 0.6) is 0 Å². The van der Waals surface area contributed by atoms with Crippen LogP contribution in [-0.2, 0) is 31.2 Å². The number of β-lactam (4-membered cyclic amide) rings is 1. The molecule has 1 aromatic rings. The van der Waals surface area contributed by atoms with E-state index in [1.165, 1.54) is 21.0 Å². The number of ether oxygens (including phenoxy) is 1. The van der Waals surface area contributed by atoms with Gasteiger partial charge in [0, 0.05) is 0 Å². The van der Waals surface area contributed by atoms with Gasteiger partial charge >= 0.3 is 6.09 Å². The summed E-state index contributed by atoms with van der Waals surface area (Å²) in [6.45, 7) is 2.69. The molecule has 1 saturated heterocycles. The summed E-state index contributed by atoms with van der Waals surface area (Å²) in [5, 5.41) is 10.6. The Morgan fingerprint density at radius 2 is 1.93 bits per heavy atom. The highest BCUT2D eigenvalue weighted by molar-refractivity contribution is 7.84. The van der Waals surface area contributed by atoms with Crippen LogP contribution in [0.15, 0.2) is 30.3 Å². The van der Waals surface area contributed by atoms with Gasteiger partial charge in [0.15, 0.2) is 10.3 Å². The maximum Gasteiger partial charge on any atom is 0.434 e. The van der Waals surface area contributed by atoms with Crippen molar-refractivity contribution in [3.8, 4) is 0 Å². The number of rotatable bonds is 7. The SMILES string of the molecule is CON(Cc1ccccc1)C(=O)O[C@@H](C)[C@@H]1[C@@H]([C@@H](C)O)C(=O)N1S(=O)(=O)[O-]. The van der Waals surface area contributed by atoms with Gasteiger partial charge < -0.3 is 14.4 Å². The van der Waals surface area contributed by atoms with E-state index in [1.54, 1.807) is 24.3 Å². The van der Waals surface area contributed by atoms with E-state index in [2.05, 4.69) is 0 Å². The van der Waals surface area contributed by atoms with Crippen molar-refractivity contribution in [2.24, 2.45) is 5.92 Å². The first-order valence-electron chi connectivity index (χ1n) is 8.11. The lowest BCUT2D eigenvalue weighted by atomic mass is 9.83. The molecule has 0 saturated carbocycles. The maximum atomic E-state index is 12.3. The van der Waals surface area contributed by atoms with E-state index in [1.807, 2.05) is 6.07 Å². The molecule has 2 amide bonds. The summed E-state index contributed by atoms with van der Waals surface area (Å²) in [5.41, 5.74) is 0.758. The summed E-state index contributed by atoms with van der Waals surface area (Å²) in [4.78, 5) is 29.2. The number of aliphatic hydroxyl groups is 1. The molecule has 1 N–H and O–H groups in total. The van der Waals surface area contributed by atoms with Gasteiger partial charge in [-0.1, -0.05) is 30.3 Å². The Morgan fingerprint density at radius 3 is 2.41 bits per heavy atom. The fourth-order valence-corrected chi connectivity index (χ4v) is 3.92. The van der Waals surface area contributed by atoms with Gasteiger partial charge in [-0.3, -0.25) is 9.63 Å². The highest BCUT2D eigenvalue weighted by atomic mass is 32.2. The molecular formula is C16H21N2O8S-. The van der Waals surface area contributed by atoms with Gasteiger partial charge in [-0.2, -0.15) is 5.06 Å². The first-order valence-corrected chi connectivity index (χ1v) is 9.47. The Labute approximate surface area is 157 Å². The molecule has 1 heterocycles. The number of benzene rings is 1. The monoisotopic (exact) mass is 401 g/mol. The van der Waals surface area contributed by atoms with E-state index in [0.29, 0.717) is 0 Å². The lowest BCUT2D eigenvalue weighted by Gasteiger charge is -2.50. The van der Waals surface area contributed by atoms with Crippen LogP contribution in [-0.4, -0.2) is 64.8 Å². The number of amides is 2. The van der Waals surface area contributed by atoms with Crippen LogP contribution in [0.25, 0.3) is 0 Å². The topological polar surface area (TPSA) is 137 Å². The number of hydrogen-bond donors (Lipinski definition) is 1. The Hall–Kier alpha value is -2.21. The zero-order chi connectivity index (χ0) is 20.4. The third-order valence-corrected chi connectivity index (χ3v) is 5.17. The molecule has 11 heteroatoms. The van der Waals surface area contributed by atoms with Crippen LogP contribution >= 0.6 is 0 Å². The molecule has 2 rings (SSSR count). The van der Waals surface area contributed by atoms with Gasteiger partial charge in [0.05, 0.1) is 31.7 Å². The summed E-state index contributed by atoms with van der Waals surface area (Å²) in [6, 6.07) is 7.61. The molecule has 0 spiro atoms. The van der Waals surface area contributed by atoms with Gasteiger partial charge in [0.25, 0.3) is 0 Å². The van der Waals surface area contributed by atoms with E-state index in [0.717, 1.165) is 10.6 Å². The fourth-order valence-electron chi connectivity index (χ4n) is 2.98. The van der Waals surface area contributed by atoms with Gasteiger partial charge in [-0.15, -0.1) is 0 Å². The minimum Gasteiger partial charge on any atom is -0.731 e. The molecule has 1 aliphatic rings. The van der Waals surface area contributed by atoms with Gasteiger partial charge in [0.2, 0.25) is 5.91 Å². The first-order chi connectivity index (χ1) is 12.6. The van der Waals surface area contributed by atoms with Crippen molar-refractivity contribution in [2.45, 2.75) is 38.6 Å². The predicted octanol–water partition coefficient (Wildman–Crippen LogP) is 0.243. The second kappa shape index (κ2) is 8.21. The van der Waals surface area contributed by atoms with Crippen molar-refractivity contribution in [3.05, 3.63) is 35.9 Å². The highest BCUT2D eigenvalue weighted by Crippen LogP contribution is 2.35. The van der Waals surface area contributed by atoms with Gasteiger partial charge in [0.1, 0.15) is 6.10 Å². The molecule has 27 heavy (non-hydrogen) atoms. The van der Waals surface area contributed by atoms with Crippen LogP contribution in [0.3, 0.4) is 0 Å². The van der Waals surface area contributed by atoms with Crippen molar-refractivity contribution in [3.63, 3.8) is 0 Å². The van der Waals surface area contributed by atoms with E-state index < -0.39 is 46.5 Å². The van der Waals surface area contributed by atoms with E-state index in [4.69, 9.17) is 9.57 Å². The van der Waals surface area contributed by atoms with Gasteiger partial charge in [-0.05, 0) is 19.4 Å². The van der Waals surface area contributed by atoms with Crippen molar-refractivity contribution in [2.75, 3.05) is 7.11 Å². The van der Waals surface area contributed by atoms with Crippen molar-refractivity contribution in [1.82, 2.24) is 9.37 Å². The largest absolute Gasteiger partial charge is 0.731 e. The van der Waals surface area contributed by atoms with Crippen LogP contribution in [0.2, 0.25) is 0 Å². The molecule has 4 atom stereocenters. The molecule has 0 bridgehead atoms. The van der Waals surface area contributed by atoms with Crippen LogP contribution < -0.4 is 0 Å². The second-order valence-corrected chi connectivity index (χ2v) is 7.39. The number of nitrogens with zero attached hydrogens (tertiary/aromatic N) is 2. The average molecular weight is 401 g/mol. The van der Waals surface area contributed by atoms with Crippen molar-refractivity contribution in [1.29, 1.82) is 0 Å². The lowest BCUT2D eigenvalue weighted by molar-refractivity contribution is -0.165. The molecular weight excluding hydrogens is 380 g/mol. The third-order valence-electron chi connectivity index (χ3n) is 4.26. The minimum atomic E-state index is -5.10. The molecule has 150 valence electrons. The standard InChI is InChI=1S/C16H22N2O8S/c1-10(19)13-14(18(15(13)20)27(22,23)24)11(2)26-16(21)17(25-3)9-12-7-5-4-6-8-12/h4-8,10-11,13-14,19H,9H2,1-3H3,(H,22,23,24)/p-1/t10-,11+,13-,14-/m1/s1. The quantitative estimate of drug-likeness (QED) is 0.390. The second-order valence-electron chi connectivity index (χ2n) is 6.14. The van der Waals surface area contributed by atoms with Crippen LogP contribution in [0, 0.1) is 5.92 Å². The third kappa shape index (κ3) is 4.56. The highest BCUT2D eigenvalue weighted by Gasteiger charge is 2.56. The Bertz CT molecular complexity index is 783. The number of carbonyl (C=O) groups is 2. The normalized spacial score (nSPS) is 22.0. The summed E-state index contributed by atoms with van der Waals surface area (Å²) < 4.78 is 39.2. The molecule has 0 aromatic heterocycles. The Morgan fingerprint density at radius 1 is 1.33 bits per heavy atom. The number of aliphatic hydroxyl groups excluding tert-OH is 1. The maximum absolute atomic E-state index is 12.3. The Balaban J connectivity index is 2.11. The summed E-state index contributed by atoms with van der Waals surface area (Å²) in [7, 11) is -3.84. The minimum absolute atomic E-state index is 0.0654. The summed E-state index contributed by atoms with van der Waals surface area (Å²) >= 11 is 0. The molecule has 0 radical (unpaired) electrons.